The molecular weight excluding hydrogens is 356 g/mol. The number of aromatic hydroxyl groups is 1. The summed E-state index contributed by atoms with van der Waals surface area (Å²) < 4.78 is 0.695. The molecule has 0 heterocycles. The molecule has 0 saturated carbocycles. The molecule has 1 unspecified atom stereocenters. The van der Waals surface area contributed by atoms with Crippen molar-refractivity contribution >= 4 is 39.1 Å². The van der Waals surface area contributed by atoms with Crippen LogP contribution in [0.3, 0.4) is 0 Å². The molecule has 2 aromatic carbocycles. The Labute approximate surface area is 136 Å². The van der Waals surface area contributed by atoms with E-state index in [4.69, 9.17) is 17.3 Å². The summed E-state index contributed by atoms with van der Waals surface area (Å²) in [6.45, 7) is 0. The number of anilines is 1. The first-order valence-corrected chi connectivity index (χ1v) is 7.42. The van der Waals surface area contributed by atoms with Gasteiger partial charge >= 0.3 is 0 Å². The van der Waals surface area contributed by atoms with E-state index in [1.165, 1.54) is 0 Å². The zero-order chi connectivity index (χ0) is 15.4. The molecule has 0 aliphatic carbocycles. The van der Waals surface area contributed by atoms with Crippen molar-refractivity contribution in [1.82, 2.24) is 0 Å². The average molecular weight is 370 g/mol. The van der Waals surface area contributed by atoms with Crippen molar-refractivity contribution in [1.29, 1.82) is 0 Å². The highest BCUT2D eigenvalue weighted by Gasteiger charge is 2.15. The third-order valence-electron chi connectivity index (χ3n) is 2.92. The Morgan fingerprint density at radius 3 is 2.57 bits per heavy atom. The van der Waals surface area contributed by atoms with Crippen LogP contribution in [0.1, 0.15) is 5.56 Å². The van der Waals surface area contributed by atoms with Crippen LogP contribution in [-0.4, -0.2) is 17.1 Å². The summed E-state index contributed by atoms with van der Waals surface area (Å²) in [6.07, 6.45) is 0.386. The van der Waals surface area contributed by atoms with Crippen molar-refractivity contribution in [3.8, 4) is 5.75 Å². The summed E-state index contributed by atoms with van der Waals surface area (Å²) in [7, 11) is 0. The van der Waals surface area contributed by atoms with Crippen molar-refractivity contribution in [2.45, 2.75) is 12.5 Å². The molecule has 4 N–H and O–H groups in total. The summed E-state index contributed by atoms with van der Waals surface area (Å²) in [4.78, 5) is 12.1. The van der Waals surface area contributed by atoms with Crippen LogP contribution in [0.25, 0.3) is 0 Å². The van der Waals surface area contributed by atoms with Crippen LogP contribution in [0.15, 0.2) is 46.9 Å². The summed E-state index contributed by atoms with van der Waals surface area (Å²) in [6, 6.07) is 11.0. The topological polar surface area (TPSA) is 75.3 Å². The van der Waals surface area contributed by atoms with E-state index in [1.807, 2.05) is 0 Å². The van der Waals surface area contributed by atoms with Crippen LogP contribution in [0.5, 0.6) is 5.75 Å². The molecule has 6 heteroatoms. The molecule has 0 fully saturated rings. The molecule has 21 heavy (non-hydrogen) atoms. The van der Waals surface area contributed by atoms with Crippen LogP contribution in [-0.2, 0) is 11.2 Å². The third-order valence-corrected chi connectivity index (χ3v) is 3.81. The number of benzene rings is 2. The van der Waals surface area contributed by atoms with Crippen LogP contribution in [0, 0.1) is 0 Å². The minimum atomic E-state index is -0.683. The number of phenolic OH excluding ortho intramolecular Hbond substituents is 1. The van der Waals surface area contributed by atoms with E-state index in [-0.39, 0.29) is 11.7 Å². The number of hydrogen-bond donors (Lipinski definition) is 3. The molecule has 1 amide bonds. The van der Waals surface area contributed by atoms with Gasteiger partial charge in [0.1, 0.15) is 5.75 Å². The lowest BCUT2D eigenvalue weighted by molar-refractivity contribution is -0.117. The molecule has 0 aliphatic heterocycles. The van der Waals surface area contributed by atoms with Gasteiger partial charge in [0.05, 0.1) is 11.7 Å². The van der Waals surface area contributed by atoms with Crippen LogP contribution >= 0.6 is 27.5 Å². The van der Waals surface area contributed by atoms with Gasteiger partial charge in [-0.2, -0.15) is 0 Å². The summed E-state index contributed by atoms with van der Waals surface area (Å²) in [5, 5.41) is 12.5. The average Bonchev–Trinajstić information content (AvgIpc) is 2.44. The number of hydrogen-bond acceptors (Lipinski definition) is 3. The van der Waals surface area contributed by atoms with E-state index in [0.29, 0.717) is 21.6 Å². The molecule has 0 spiro atoms. The highest BCUT2D eigenvalue weighted by atomic mass is 79.9. The highest BCUT2D eigenvalue weighted by Crippen LogP contribution is 2.26. The number of nitrogens with two attached hydrogens (primary N) is 1. The smallest absolute Gasteiger partial charge is 0.241 e. The second-order valence-corrected chi connectivity index (χ2v) is 5.88. The zero-order valence-electron chi connectivity index (χ0n) is 11.0. The van der Waals surface area contributed by atoms with E-state index in [0.717, 1.165) is 5.56 Å². The van der Waals surface area contributed by atoms with Crippen LogP contribution in [0.4, 0.5) is 5.69 Å². The van der Waals surface area contributed by atoms with Gasteiger partial charge in [-0.05, 0) is 58.2 Å². The van der Waals surface area contributed by atoms with Crippen molar-refractivity contribution < 1.29 is 9.90 Å². The Morgan fingerprint density at radius 1 is 1.29 bits per heavy atom. The Bertz CT molecular complexity index is 647. The predicted octanol–water partition coefficient (Wildman–Crippen LogP) is 3.32. The summed E-state index contributed by atoms with van der Waals surface area (Å²) in [5.41, 5.74) is 7.40. The lowest BCUT2D eigenvalue weighted by atomic mass is 10.1. The fraction of sp³-hybridized carbons (Fsp3) is 0.133. The van der Waals surface area contributed by atoms with Crippen LogP contribution in [0.2, 0.25) is 5.02 Å². The molecule has 0 saturated heterocycles. The maximum Gasteiger partial charge on any atom is 0.241 e. The fourth-order valence-electron chi connectivity index (χ4n) is 1.79. The molecule has 110 valence electrons. The van der Waals surface area contributed by atoms with Gasteiger partial charge < -0.3 is 16.2 Å². The maximum absolute atomic E-state index is 12.1. The normalized spacial score (nSPS) is 12.0. The molecular formula is C15H14BrClN2O2. The number of rotatable bonds is 4. The molecule has 0 bridgehead atoms. The summed E-state index contributed by atoms with van der Waals surface area (Å²) >= 11 is 9.18. The van der Waals surface area contributed by atoms with E-state index in [2.05, 4.69) is 21.2 Å². The maximum atomic E-state index is 12.1. The van der Waals surface area contributed by atoms with Crippen LogP contribution < -0.4 is 11.1 Å². The van der Waals surface area contributed by atoms with E-state index in [1.54, 1.807) is 42.5 Å². The SMILES string of the molecule is NC(Cc1ccc(O)cc1)C(=O)Nc1ccc(Cl)cc1Br. The minimum Gasteiger partial charge on any atom is -0.508 e. The Morgan fingerprint density at radius 2 is 1.95 bits per heavy atom. The zero-order valence-corrected chi connectivity index (χ0v) is 13.4. The first-order chi connectivity index (χ1) is 9.95. The number of carbonyl (C=O) groups excluding carboxylic acids is 1. The van der Waals surface area contributed by atoms with Crippen molar-refractivity contribution in [3.63, 3.8) is 0 Å². The second kappa shape index (κ2) is 6.93. The molecule has 1 atom stereocenters. The van der Waals surface area contributed by atoms with E-state index >= 15 is 0 Å². The monoisotopic (exact) mass is 368 g/mol. The molecule has 0 aromatic heterocycles. The molecule has 4 nitrogen and oxygen atoms in total. The van der Waals surface area contributed by atoms with Gasteiger partial charge in [-0.15, -0.1) is 0 Å². The Kier molecular flexibility index (Phi) is 5.22. The number of amides is 1. The van der Waals surface area contributed by atoms with E-state index in [9.17, 15) is 9.90 Å². The standard InChI is InChI=1S/C15H14BrClN2O2/c16-12-8-10(17)3-6-14(12)19-15(21)13(18)7-9-1-4-11(20)5-2-9/h1-6,8,13,20H,7,18H2,(H,19,21). The Balaban J connectivity index is 2.00. The van der Waals surface area contributed by atoms with Gasteiger partial charge in [-0.1, -0.05) is 23.7 Å². The second-order valence-electron chi connectivity index (χ2n) is 4.59. The van der Waals surface area contributed by atoms with Crippen molar-refractivity contribution in [3.05, 3.63) is 57.5 Å². The number of halogens is 2. The lowest BCUT2D eigenvalue weighted by Gasteiger charge is -2.13. The number of nitrogens with one attached hydrogen (secondary N) is 1. The first-order valence-electron chi connectivity index (χ1n) is 6.25. The van der Waals surface area contributed by atoms with Gasteiger partial charge in [0.15, 0.2) is 0 Å². The van der Waals surface area contributed by atoms with Gasteiger partial charge in [-0.25, -0.2) is 0 Å². The molecule has 2 rings (SSSR count). The quantitative estimate of drug-likeness (QED) is 0.774. The largest absolute Gasteiger partial charge is 0.508 e. The van der Waals surface area contributed by atoms with Gasteiger partial charge in [-0.3, -0.25) is 4.79 Å². The fourth-order valence-corrected chi connectivity index (χ4v) is 2.58. The first kappa shape index (κ1) is 15.8. The predicted molar refractivity (Wildman–Crippen MR) is 87.6 cm³/mol. The Hall–Kier alpha value is -1.56. The minimum absolute atomic E-state index is 0.182. The van der Waals surface area contributed by atoms with Crippen molar-refractivity contribution in [2.24, 2.45) is 5.73 Å². The van der Waals surface area contributed by atoms with Gasteiger partial charge in [0.2, 0.25) is 5.91 Å². The molecule has 0 aliphatic rings. The number of phenols is 1. The third kappa shape index (κ3) is 4.46. The van der Waals surface area contributed by atoms with Crippen molar-refractivity contribution in [2.75, 3.05) is 5.32 Å². The lowest BCUT2D eigenvalue weighted by Crippen LogP contribution is -2.37. The van der Waals surface area contributed by atoms with Gasteiger partial charge in [0.25, 0.3) is 0 Å². The molecule has 2 aromatic rings. The molecule has 0 radical (unpaired) electrons. The number of carbonyl (C=O) groups is 1. The highest BCUT2D eigenvalue weighted by molar-refractivity contribution is 9.10. The van der Waals surface area contributed by atoms with E-state index < -0.39 is 6.04 Å². The van der Waals surface area contributed by atoms with Gasteiger partial charge in [0, 0.05) is 9.50 Å². The summed E-state index contributed by atoms with van der Waals surface area (Å²) in [5.74, 6) is -0.104.